The van der Waals surface area contributed by atoms with Gasteiger partial charge in [-0.05, 0) is 44.0 Å². The van der Waals surface area contributed by atoms with E-state index in [1.807, 2.05) is 26.0 Å². The molecule has 1 aliphatic rings. The van der Waals surface area contributed by atoms with Gasteiger partial charge in [-0.25, -0.2) is 15.0 Å². The summed E-state index contributed by atoms with van der Waals surface area (Å²) in [5.74, 6) is 0.879. The van der Waals surface area contributed by atoms with Gasteiger partial charge in [-0.2, -0.15) is 4.68 Å². The fourth-order valence-corrected chi connectivity index (χ4v) is 3.91. The first-order valence-electron chi connectivity index (χ1n) is 9.03. The molecule has 0 spiro atoms. The monoisotopic (exact) mass is 375 g/mol. The van der Waals surface area contributed by atoms with E-state index in [0.717, 1.165) is 17.1 Å². The van der Waals surface area contributed by atoms with Crippen LogP contribution in [-0.4, -0.2) is 30.5 Å². The molecule has 0 saturated heterocycles. The number of aromatic amines is 1. The van der Waals surface area contributed by atoms with Gasteiger partial charge in [0.1, 0.15) is 5.76 Å². The molecule has 140 valence electrons. The van der Waals surface area contributed by atoms with Crippen molar-refractivity contribution in [1.82, 2.24) is 24.7 Å². The predicted molar refractivity (Wildman–Crippen MR) is 101 cm³/mol. The summed E-state index contributed by atoms with van der Waals surface area (Å²) in [7, 11) is 0. The fourth-order valence-electron chi connectivity index (χ4n) is 3.91. The molecule has 5 rings (SSSR count). The minimum atomic E-state index is -0.308. The number of carbonyl (C=O) groups excluding carboxylic acids is 1. The Balaban J connectivity index is 1.71. The van der Waals surface area contributed by atoms with Gasteiger partial charge < -0.3 is 4.42 Å². The van der Waals surface area contributed by atoms with Crippen LogP contribution in [-0.2, 0) is 6.42 Å². The van der Waals surface area contributed by atoms with Crippen molar-refractivity contribution in [2.45, 2.75) is 32.6 Å². The third-order valence-corrected chi connectivity index (χ3v) is 5.12. The Labute approximate surface area is 159 Å². The largest absolute Gasteiger partial charge is 0.469 e. The molecule has 4 aromatic rings. The lowest BCUT2D eigenvalue weighted by atomic mass is 9.81. The lowest BCUT2D eigenvalue weighted by Crippen LogP contribution is -2.22. The zero-order valence-corrected chi connectivity index (χ0v) is 15.4. The average molecular weight is 375 g/mol. The molecule has 8 nitrogen and oxygen atoms in total. The molecular weight excluding hydrogens is 358 g/mol. The zero-order valence-electron chi connectivity index (χ0n) is 15.4. The van der Waals surface area contributed by atoms with Gasteiger partial charge in [-0.1, -0.05) is 0 Å². The van der Waals surface area contributed by atoms with Crippen LogP contribution in [0.15, 0.2) is 39.9 Å². The highest BCUT2D eigenvalue weighted by molar-refractivity contribution is 6.02. The van der Waals surface area contributed by atoms with Crippen LogP contribution in [0, 0.1) is 13.8 Å². The number of pyridine rings is 1. The first-order valence-corrected chi connectivity index (χ1v) is 9.03. The van der Waals surface area contributed by atoms with E-state index in [-0.39, 0.29) is 23.2 Å². The van der Waals surface area contributed by atoms with Gasteiger partial charge in [-0.3, -0.25) is 14.7 Å². The van der Waals surface area contributed by atoms with Gasteiger partial charge in [0.05, 0.1) is 11.6 Å². The SMILES string of the molecule is Cc1cc(C)nc(-n2[nH]c3ncc4c(c3c2=O)CC(c2ccco2)CC4=O)n1. The Morgan fingerprint density at radius 3 is 2.68 bits per heavy atom. The smallest absolute Gasteiger partial charge is 0.283 e. The lowest BCUT2D eigenvalue weighted by molar-refractivity contribution is 0.0960. The van der Waals surface area contributed by atoms with Crippen molar-refractivity contribution in [3.8, 4) is 5.95 Å². The third kappa shape index (κ3) is 2.49. The molecule has 0 radical (unpaired) electrons. The van der Waals surface area contributed by atoms with Crippen LogP contribution in [0.3, 0.4) is 0 Å². The Morgan fingerprint density at radius 2 is 1.96 bits per heavy atom. The van der Waals surface area contributed by atoms with Crippen LogP contribution in [0.5, 0.6) is 0 Å². The molecule has 1 N–H and O–H groups in total. The number of hydrogen-bond acceptors (Lipinski definition) is 6. The van der Waals surface area contributed by atoms with E-state index < -0.39 is 0 Å². The van der Waals surface area contributed by atoms with E-state index in [1.54, 1.807) is 18.5 Å². The van der Waals surface area contributed by atoms with Crippen molar-refractivity contribution in [2.75, 3.05) is 0 Å². The van der Waals surface area contributed by atoms with E-state index in [0.29, 0.717) is 35.0 Å². The molecule has 0 bridgehead atoms. The number of rotatable bonds is 2. The number of hydrogen-bond donors (Lipinski definition) is 1. The first kappa shape index (κ1) is 16.6. The minimum absolute atomic E-state index is 0.0353. The van der Waals surface area contributed by atoms with Crippen molar-refractivity contribution >= 4 is 16.8 Å². The summed E-state index contributed by atoms with van der Waals surface area (Å²) in [6.45, 7) is 3.69. The maximum absolute atomic E-state index is 13.2. The van der Waals surface area contributed by atoms with Crippen molar-refractivity contribution in [3.05, 3.63) is 69.3 Å². The molecule has 4 heterocycles. The van der Waals surface area contributed by atoms with Crippen molar-refractivity contribution in [1.29, 1.82) is 0 Å². The quantitative estimate of drug-likeness (QED) is 0.577. The highest BCUT2D eigenvalue weighted by Gasteiger charge is 2.31. The molecule has 1 unspecified atom stereocenters. The second-order valence-electron chi connectivity index (χ2n) is 7.12. The molecule has 28 heavy (non-hydrogen) atoms. The van der Waals surface area contributed by atoms with Crippen LogP contribution >= 0.6 is 0 Å². The summed E-state index contributed by atoms with van der Waals surface area (Å²) in [5.41, 5.74) is 2.83. The molecule has 0 aliphatic heterocycles. The number of nitrogens with zero attached hydrogens (tertiary/aromatic N) is 4. The second kappa shape index (κ2) is 5.98. The van der Waals surface area contributed by atoms with E-state index >= 15 is 0 Å². The van der Waals surface area contributed by atoms with Crippen LogP contribution in [0.4, 0.5) is 0 Å². The van der Waals surface area contributed by atoms with Gasteiger partial charge in [0.2, 0.25) is 0 Å². The van der Waals surface area contributed by atoms with Crippen molar-refractivity contribution in [3.63, 3.8) is 0 Å². The molecular formula is C20H17N5O3. The molecule has 1 atom stereocenters. The third-order valence-electron chi connectivity index (χ3n) is 5.12. The highest BCUT2D eigenvalue weighted by atomic mass is 16.3. The van der Waals surface area contributed by atoms with Crippen LogP contribution in [0.2, 0.25) is 0 Å². The number of carbonyl (C=O) groups is 1. The molecule has 0 saturated carbocycles. The molecule has 8 heteroatoms. The van der Waals surface area contributed by atoms with Crippen LogP contribution in [0.25, 0.3) is 17.0 Å². The van der Waals surface area contributed by atoms with Gasteiger partial charge in [-0.15, -0.1) is 0 Å². The molecule has 1 aliphatic carbocycles. The Morgan fingerprint density at radius 1 is 1.18 bits per heavy atom. The molecule has 0 fully saturated rings. The topological polar surface area (TPSA) is 107 Å². The van der Waals surface area contributed by atoms with E-state index in [1.165, 1.54) is 4.68 Å². The predicted octanol–water partition coefficient (Wildman–Crippen LogP) is 2.63. The number of Topliss-reactive ketones (excluding diaryl/α,β-unsaturated/α-hetero) is 1. The summed E-state index contributed by atoms with van der Waals surface area (Å²) < 4.78 is 6.79. The fraction of sp³-hybridized carbons (Fsp3) is 0.250. The van der Waals surface area contributed by atoms with Gasteiger partial charge in [0, 0.05) is 35.5 Å². The van der Waals surface area contributed by atoms with Gasteiger partial charge in [0.25, 0.3) is 11.5 Å². The summed E-state index contributed by atoms with van der Waals surface area (Å²) in [4.78, 5) is 38.9. The normalized spacial score (nSPS) is 16.5. The van der Waals surface area contributed by atoms with Crippen molar-refractivity contribution in [2.24, 2.45) is 0 Å². The zero-order chi connectivity index (χ0) is 19.4. The standard InChI is InChI=1S/C20H17N5O3/c1-10-6-11(2)23-20(22-10)25-19(27)17-13-7-12(16-4-3-5-28-16)8-15(26)14(13)9-21-18(17)24-25/h3-6,9,12H,7-8H2,1-2H3,(H,21,24). The number of nitrogens with one attached hydrogen (secondary N) is 1. The number of aromatic nitrogens is 5. The van der Waals surface area contributed by atoms with Gasteiger partial charge >= 0.3 is 0 Å². The molecule has 0 aromatic carbocycles. The molecule has 4 aromatic heterocycles. The second-order valence-corrected chi connectivity index (χ2v) is 7.12. The maximum atomic E-state index is 13.2. The average Bonchev–Trinajstić information content (AvgIpc) is 3.29. The van der Waals surface area contributed by atoms with Crippen LogP contribution < -0.4 is 5.56 Å². The summed E-state index contributed by atoms with van der Waals surface area (Å²) in [6.07, 6.45) is 4.01. The summed E-state index contributed by atoms with van der Waals surface area (Å²) in [5, 5.41) is 3.39. The Hall–Kier alpha value is -3.55. The maximum Gasteiger partial charge on any atom is 0.283 e. The number of aryl methyl sites for hydroxylation is 2. The number of H-pyrrole nitrogens is 1. The van der Waals surface area contributed by atoms with E-state index in [2.05, 4.69) is 20.1 Å². The van der Waals surface area contributed by atoms with Crippen molar-refractivity contribution < 1.29 is 9.21 Å². The number of ketones is 1. The van der Waals surface area contributed by atoms with Gasteiger partial charge in [0.15, 0.2) is 11.4 Å². The van der Waals surface area contributed by atoms with Crippen LogP contribution in [0.1, 0.15) is 45.4 Å². The lowest BCUT2D eigenvalue weighted by Gasteiger charge is -2.21. The summed E-state index contributed by atoms with van der Waals surface area (Å²) >= 11 is 0. The van der Waals surface area contributed by atoms with E-state index in [4.69, 9.17) is 4.42 Å². The number of fused-ring (bicyclic) bond motifs is 3. The molecule has 0 amide bonds. The first-order chi connectivity index (χ1) is 13.5. The van der Waals surface area contributed by atoms with E-state index in [9.17, 15) is 9.59 Å². The number of furan rings is 1. The summed E-state index contributed by atoms with van der Waals surface area (Å²) in [6, 6.07) is 5.50. The minimum Gasteiger partial charge on any atom is -0.469 e. The Bertz CT molecular complexity index is 1260. The Kier molecular flexibility index (Phi) is 3.55. The highest BCUT2D eigenvalue weighted by Crippen LogP contribution is 2.34.